The van der Waals surface area contributed by atoms with Crippen molar-refractivity contribution in [3.05, 3.63) is 106 Å². The number of ether oxygens (including phenoxy) is 2. The summed E-state index contributed by atoms with van der Waals surface area (Å²) in [4.78, 5) is 27.8. The summed E-state index contributed by atoms with van der Waals surface area (Å²) in [5.74, 6) is -0.920. The molecule has 7 heteroatoms. The van der Waals surface area contributed by atoms with Crippen LogP contribution in [0.15, 0.2) is 84.4 Å². The van der Waals surface area contributed by atoms with Gasteiger partial charge in [0, 0.05) is 23.7 Å². The Balaban J connectivity index is 1.48. The molecule has 2 aliphatic rings. The maximum absolute atomic E-state index is 13.2. The van der Waals surface area contributed by atoms with Crippen molar-refractivity contribution in [2.45, 2.75) is 31.6 Å². The van der Waals surface area contributed by atoms with E-state index in [0.29, 0.717) is 35.1 Å². The van der Waals surface area contributed by atoms with Crippen LogP contribution in [0.5, 0.6) is 5.75 Å². The monoisotopic (exact) mass is 503 g/mol. The van der Waals surface area contributed by atoms with Gasteiger partial charge in [0.05, 0.1) is 17.7 Å². The molecule has 2 heterocycles. The first kappa shape index (κ1) is 24.1. The average molecular weight is 504 g/mol. The molecule has 0 aliphatic carbocycles. The van der Waals surface area contributed by atoms with Gasteiger partial charge < -0.3 is 19.5 Å². The van der Waals surface area contributed by atoms with E-state index in [0.717, 1.165) is 18.4 Å². The van der Waals surface area contributed by atoms with E-state index in [4.69, 9.17) is 21.1 Å². The molecular formula is C29H26ClNO5. The molecule has 2 fully saturated rings. The van der Waals surface area contributed by atoms with Crippen molar-refractivity contribution in [3.63, 3.8) is 0 Å². The zero-order valence-electron chi connectivity index (χ0n) is 19.6. The van der Waals surface area contributed by atoms with Gasteiger partial charge in [0.2, 0.25) is 0 Å². The minimum Gasteiger partial charge on any atom is -0.507 e. The Morgan fingerprint density at radius 1 is 1.00 bits per heavy atom. The van der Waals surface area contributed by atoms with Crippen LogP contribution in [0.1, 0.15) is 35.6 Å². The van der Waals surface area contributed by atoms with E-state index >= 15 is 0 Å². The topological polar surface area (TPSA) is 76.1 Å². The van der Waals surface area contributed by atoms with Gasteiger partial charge in [0.1, 0.15) is 18.1 Å². The number of nitrogens with zero attached hydrogens (tertiary/aromatic N) is 1. The first-order chi connectivity index (χ1) is 17.5. The highest BCUT2D eigenvalue weighted by atomic mass is 35.5. The number of amides is 1. The lowest BCUT2D eigenvalue weighted by Gasteiger charge is -2.27. The molecule has 0 unspecified atom stereocenters. The maximum Gasteiger partial charge on any atom is 0.295 e. The molecule has 1 amide bonds. The highest BCUT2D eigenvalue weighted by molar-refractivity contribution is 6.46. The molecule has 1 N–H and O–H groups in total. The number of hydrogen-bond acceptors (Lipinski definition) is 5. The first-order valence-corrected chi connectivity index (χ1v) is 12.3. The lowest BCUT2D eigenvalue weighted by atomic mass is 9.95. The number of aliphatic hydroxyl groups is 1. The van der Waals surface area contributed by atoms with Gasteiger partial charge in [-0.1, -0.05) is 54.1 Å². The molecule has 2 atom stereocenters. The van der Waals surface area contributed by atoms with E-state index in [1.54, 1.807) is 24.3 Å². The second kappa shape index (κ2) is 10.6. The van der Waals surface area contributed by atoms with E-state index in [-0.39, 0.29) is 24.0 Å². The van der Waals surface area contributed by atoms with Gasteiger partial charge in [0.25, 0.3) is 11.7 Å². The molecule has 3 aromatic rings. The fourth-order valence-corrected chi connectivity index (χ4v) is 4.80. The maximum atomic E-state index is 13.2. The van der Waals surface area contributed by atoms with E-state index in [1.807, 2.05) is 54.6 Å². The predicted molar refractivity (Wildman–Crippen MR) is 137 cm³/mol. The Bertz CT molecular complexity index is 1270. The number of benzene rings is 3. The third-order valence-electron chi connectivity index (χ3n) is 6.53. The highest BCUT2D eigenvalue weighted by Crippen LogP contribution is 2.40. The van der Waals surface area contributed by atoms with Crippen molar-refractivity contribution in [1.82, 2.24) is 4.90 Å². The SMILES string of the molecule is O=C1C(=O)N(C[C@@H]2CCCO2)[C@H](c2ccc(OCc3ccccc3)cc2)C1=C(O)c1ccc(Cl)cc1. The van der Waals surface area contributed by atoms with E-state index < -0.39 is 17.7 Å². The molecule has 6 nitrogen and oxygen atoms in total. The van der Waals surface area contributed by atoms with Crippen LogP contribution in [0.2, 0.25) is 5.02 Å². The summed E-state index contributed by atoms with van der Waals surface area (Å²) >= 11 is 6.00. The van der Waals surface area contributed by atoms with E-state index in [1.165, 1.54) is 4.90 Å². The zero-order valence-corrected chi connectivity index (χ0v) is 20.4. The zero-order chi connectivity index (χ0) is 25.1. The van der Waals surface area contributed by atoms with Gasteiger partial charge in [0.15, 0.2) is 0 Å². The van der Waals surface area contributed by atoms with Gasteiger partial charge >= 0.3 is 0 Å². The number of hydrogen-bond donors (Lipinski definition) is 1. The molecule has 184 valence electrons. The molecule has 0 saturated carbocycles. The predicted octanol–water partition coefficient (Wildman–Crippen LogP) is 5.52. The molecule has 5 rings (SSSR count). The Kier molecular flexibility index (Phi) is 7.07. The Labute approximate surface area is 214 Å². The van der Waals surface area contributed by atoms with Gasteiger partial charge in [-0.25, -0.2) is 0 Å². The van der Waals surface area contributed by atoms with Crippen LogP contribution in [0.3, 0.4) is 0 Å². The summed E-state index contributed by atoms with van der Waals surface area (Å²) in [6.07, 6.45) is 1.59. The molecular weight excluding hydrogens is 478 g/mol. The number of aliphatic hydroxyl groups excluding tert-OH is 1. The van der Waals surface area contributed by atoms with Gasteiger partial charge in [-0.15, -0.1) is 0 Å². The van der Waals surface area contributed by atoms with Crippen molar-refractivity contribution in [3.8, 4) is 5.75 Å². The van der Waals surface area contributed by atoms with E-state index in [9.17, 15) is 14.7 Å². The van der Waals surface area contributed by atoms with Gasteiger partial charge in [-0.3, -0.25) is 9.59 Å². The Morgan fingerprint density at radius 3 is 2.39 bits per heavy atom. The third kappa shape index (κ3) is 5.01. The second-order valence-electron chi connectivity index (χ2n) is 8.94. The first-order valence-electron chi connectivity index (χ1n) is 11.9. The van der Waals surface area contributed by atoms with Crippen molar-refractivity contribution in [1.29, 1.82) is 0 Å². The number of halogens is 1. The standard InChI is InChI=1S/C29H26ClNO5/c30-22-12-8-21(9-13-22)27(32)25-26(31(29(34)28(25)33)17-24-7-4-16-35-24)20-10-14-23(15-11-20)36-18-19-5-2-1-3-6-19/h1-3,5-6,8-15,24,26,32H,4,7,16-18H2/t24-,26+/m0/s1. The fraction of sp³-hybridized carbons (Fsp3) is 0.241. The summed E-state index contributed by atoms with van der Waals surface area (Å²) in [6, 6.07) is 22.9. The summed E-state index contributed by atoms with van der Waals surface area (Å²) in [6.45, 7) is 1.34. The lowest BCUT2D eigenvalue weighted by Crippen LogP contribution is -2.36. The van der Waals surface area contributed by atoms with Crippen molar-refractivity contribution in [2.75, 3.05) is 13.2 Å². The Hall–Kier alpha value is -3.61. The summed E-state index contributed by atoms with van der Waals surface area (Å²) in [5.41, 5.74) is 2.23. The minimum absolute atomic E-state index is 0.0540. The molecule has 3 aromatic carbocycles. The van der Waals surface area contributed by atoms with Crippen LogP contribution in [-0.4, -0.2) is 41.0 Å². The van der Waals surface area contributed by atoms with Crippen LogP contribution < -0.4 is 4.74 Å². The molecule has 2 aliphatic heterocycles. The minimum atomic E-state index is -0.743. The van der Waals surface area contributed by atoms with Crippen LogP contribution in [-0.2, 0) is 20.9 Å². The normalized spacial score (nSPS) is 21.2. The van der Waals surface area contributed by atoms with Crippen molar-refractivity contribution in [2.24, 2.45) is 0 Å². The van der Waals surface area contributed by atoms with Crippen LogP contribution in [0, 0.1) is 0 Å². The van der Waals surface area contributed by atoms with Gasteiger partial charge in [-0.05, 0) is 60.4 Å². The fourth-order valence-electron chi connectivity index (χ4n) is 4.67. The summed E-state index contributed by atoms with van der Waals surface area (Å²) in [7, 11) is 0. The smallest absolute Gasteiger partial charge is 0.295 e. The average Bonchev–Trinajstić information content (AvgIpc) is 3.51. The van der Waals surface area contributed by atoms with Crippen LogP contribution >= 0.6 is 11.6 Å². The molecule has 0 aromatic heterocycles. The number of carbonyl (C=O) groups excluding carboxylic acids is 2. The number of carbonyl (C=O) groups is 2. The summed E-state index contributed by atoms with van der Waals surface area (Å²) < 4.78 is 11.7. The molecule has 36 heavy (non-hydrogen) atoms. The van der Waals surface area contributed by atoms with E-state index in [2.05, 4.69) is 0 Å². The molecule has 0 radical (unpaired) electrons. The number of ketones is 1. The van der Waals surface area contributed by atoms with Crippen LogP contribution in [0.4, 0.5) is 0 Å². The lowest BCUT2D eigenvalue weighted by molar-refractivity contribution is -0.140. The highest BCUT2D eigenvalue weighted by Gasteiger charge is 2.47. The molecule has 0 spiro atoms. The number of Topliss-reactive ketones (excluding diaryl/α,β-unsaturated/α-hetero) is 1. The second-order valence-corrected chi connectivity index (χ2v) is 9.37. The van der Waals surface area contributed by atoms with Crippen molar-refractivity contribution < 1.29 is 24.2 Å². The molecule has 0 bridgehead atoms. The number of likely N-dealkylation sites (tertiary alicyclic amines) is 1. The van der Waals surface area contributed by atoms with Crippen molar-refractivity contribution >= 4 is 29.1 Å². The third-order valence-corrected chi connectivity index (χ3v) is 6.78. The largest absolute Gasteiger partial charge is 0.507 e. The Morgan fingerprint density at radius 2 is 1.72 bits per heavy atom. The van der Waals surface area contributed by atoms with Gasteiger partial charge in [-0.2, -0.15) is 0 Å². The number of rotatable bonds is 7. The van der Waals surface area contributed by atoms with Crippen LogP contribution in [0.25, 0.3) is 5.76 Å². The molecule has 2 saturated heterocycles. The summed E-state index contributed by atoms with van der Waals surface area (Å²) in [5, 5.41) is 11.7. The quantitative estimate of drug-likeness (QED) is 0.261.